The van der Waals surface area contributed by atoms with Crippen molar-refractivity contribution in [3.8, 4) is 0 Å². The molecule has 20 heavy (non-hydrogen) atoms. The normalized spacial score (nSPS) is 34.2. The molecule has 2 unspecified atom stereocenters. The van der Waals surface area contributed by atoms with Gasteiger partial charge in [0, 0.05) is 39.3 Å². The molecule has 6 heteroatoms. The van der Waals surface area contributed by atoms with Gasteiger partial charge in [0.2, 0.25) is 0 Å². The second kappa shape index (κ2) is 7.68. The molecule has 0 aliphatic carbocycles. The van der Waals surface area contributed by atoms with Crippen molar-refractivity contribution in [2.75, 3.05) is 78.9 Å². The van der Waals surface area contributed by atoms with E-state index in [1.807, 2.05) is 0 Å². The molecule has 3 aliphatic rings. The summed E-state index contributed by atoms with van der Waals surface area (Å²) in [5.74, 6) is 0. The van der Waals surface area contributed by atoms with Crippen molar-refractivity contribution in [3.05, 3.63) is 0 Å². The molecule has 2 atom stereocenters. The van der Waals surface area contributed by atoms with Gasteiger partial charge in [0.1, 0.15) is 0 Å². The van der Waals surface area contributed by atoms with Crippen molar-refractivity contribution >= 4 is 0 Å². The molecule has 0 saturated carbocycles. The van der Waals surface area contributed by atoms with Gasteiger partial charge < -0.3 is 18.9 Å². The number of nitrogens with zero attached hydrogens (tertiary/aromatic N) is 2. The number of ether oxygens (including phenoxy) is 4. The Bertz CT molecular complexity index is 254. The zero-order valence-corrected chi connectivity index (χ0v) is 12.2. The molecule has 3 saturated heterocycles. The first-order chi connectivity index (χ1) is 9.90. The quantitative estimate of drug-likeness (QED) is 0.690. The Morgan fingerprint density at radius 1 is 0.650 bits per heavy atom. The average Bonchev–Trinajstić information content (AvgIpc) is 2.50. The fourth-order valence-electron chi connectivity index (χ4n) is 3.02. The summed E-state index contributed by atoms with van der Waals surface area (Å²) in [7, 11) is 0. The summed E-state index contributed by atoms with van der Waals surface area (Å²) in [5, 5.41) is 0. The molecule has 3 rings (SSSR count). The van der Waals surface area contributed by atoms with E-state index in [2.05, 4.69) is 9.80 Å². The van der Waals surface area contributed by atoms with Crippen molar-refractivity contribution in [1.29, 1.82) is 0 Å². The van der Waals surface area contributed by atoms with Crippen molar-refractivity contribution < 1.29 is 18.9 Å². The highest BCUT2D eigenvalue weighted by atomic mass is 16.6. The van der Waals surface area contributed by atoms with E-state index < -0.39 is 0 Å². The maximum atomic E-state index is 6.20. The second-order valence-electron chi connectivity index (χ2n) is 5.74. The highest BCUT2D eigenvalue weighted by molar-refractivity contribution is 4.76. The maximum Gasteiger partial charge on any atom is 0.0940 e. The Morgan fingerprint density at radius 3 is 1.55 bits per heavy atom. The fourth-order valence-corrected chi connectivity index (χ4v) is 3.02. The molecule has 3 heterocycles. The lowest BCUT2D eigenvalue weighted by Crippen LogP contribution is -2.50. The molecule has 0 aromatic rings. The van der Waals surface area contributed by atoms with Crippen LogP contribution in [0.25, 0.3) is 0 Å². The monoisotopic (exact) mass is 286 g/mol. The third-order valence-electron chi connectivity index (χ3n) is 4.12. The van der Waals surface area contributed by atoms with E-state index >= 15 is 0 Å². The van der Waals surface area contributed by atoms with Gasteiger partial charge in [0.25, 0.3) is 0 Å². The molecular weight excluding hydrogens is 260 g/mol. The predicted molar refractivity (Wildman–Crippen MR) is 74.0 cm³/mol. The van der Waals surface area contributed by atoms with Crippen LogP contribution in [0.2, 0.25) is 0 Å². The zero-order valence-electron chi connectivity index (χ0n) is 12.2. The lowest BCUT2D eigenvalue weighted by atomic mass is 10.2. The standard InChI is InChI=1S/C14H26N2O4/c1-5-17-6-2-15(1)9-13-11-19-12-14(20-13)10-16-3-7-18-8-4-16/h13-14H,1-12H2. The first kappa shape index (κ1) is 14.7. The minimum absolute atomic E-state index is 0.202. The average molecular weight is 286 g/mol. The summed E-state index contributed by atoms with van der Waals surface area (Å²) in [6.07, 6.45) is 0.404. The number of rotatable bonds is 4. The molecule has 0 bridgehead atoms. The van der Waals surface area contributed by atoms with E-state index in [9.17, 15) is 0 Å². The molecule has 0 aromatic carbocycles. The van der Waals surface area contributed by atoms with Gasteiger partial charge in [-0.3, -0.25) is 9.80 Å². The van der Waals surface area contributed by atoms with Crippen LogP contribution in [0.15, 0.2) is 0 Å². The zero-order chi connectivity index (χ0) is 13.6. The second-order valence-corrected chi connectivity index (χ2v) is 5.74. The fraction of sp³-hybridized carbons (Fsp3) is 1.00. The minimum Gasteiger partial charge on any atom is -0.379 e. The van der Waals surface area contributed by atoms with Crippen LogP contribution in [0.4, 0.5) is 0 Å². The minimum atomic E-state index is 0.202. The summed E-state index contributed by atoms with van der Waals surface area (Å²) >= 11 is 0. The first-order valence-electron chi connectivity index (χ1n) is 7.73. The van der Waals surface area contributed by atoms with E-state index in [4.69, 9.17) is 18.9 Å². The lowest BCUT2D eigenvalue weighted by Gasteiger charge is -2.37. The van der Waals surface area contributed by atoms with Gasteiger partial charge in [-0.25, -0.2) is 0 Å². The summed E-state index contributed by atoms with van der Waals surface area (Å²) in [4.78, 5) is 4.82. The van der Waals surface area contributed by atoms with E-state index in [0.29, 0.717) is 0 Å². The smallest absolute Gasteiger partial charge is 0.0940 e. The molecule has 116 valence electrons. The molecule has 6 nitrogen and oxygen atoms in total. The van der Waals surface area contributed by atoms with Gasteiger partial charge in [-0.1, -0.05) is 0 Å². The van der Waals surface area contributed by atoms with E-state index in [1.165, 1.54) is 0 Å². The molecular formula is C14H26N2O4. The van der Waals surface area contributed by atoms with Gasteiger partial charge in [-0.05, 0) is 0 Å². The predicted octanol–water partition coefficient (Wildman–Crippen LogP) is -0.565. The van der Waals surface area contributed by atoms with Crippen LogP contribution in [0, 0.1) is 0 Å². The van der Waals surface area contributed by atoms with Gasteiger partial charge in [-0.15, -0.1) is 0 Å². The van der Waals surface area contributed by atoms with Crippen LogP contribution >= 0.6 is 0 Å². The summed E-state index contributed by atoms with van der Waals surface area (Å²) in [6.45, 7) is 10.7. The van der Waals surface area contributed by atoms with Crippen LogP contribution < -0.4 is 0 Å². The Kier molecular flexibility index (Phi) is 5.64. The van der Waals surface area contributed by atoms with Crippen molar-refractivity contribution in [3.63, 3.8) is 0 Å². The largest absolute Gasteiger partial charge is 0.379 e. The Balaban J connectivity index is 1.41. The van der Waals surface area contributed by atoms with Crippen LogP contribution in [0.5, 0.6) is 0 Å². The first-order valence-corrected chi connectivity index (χ1v) is 7.73. The third kappa shape index (κ3) is 4.38. The molecule has 0 radical (unpaired) electrons. The molecule has 0 amide bonds. The van der Waals surface area contributed by atoms with Crippen LogP contribution in [0.3, 0.4) is 0 Å². The summed E-state index contributed by atoms with van der Waals surface area (Å²) in [6, 6.07) is 0. The molecule has 0 aromatic heterocycles. The van der Waals surface area contributed by atoms with Gasteiger partial charge in [0.15, 0.2) is 0 Å². The highest BCUT2D eigenvalue weighted by Gasteiger charge is 2.27. The van der Waals surface area contributed by atoms with Crippen LogP contribution in [-0.2, 0) is 18.9 Å². The van der Waals surface area contributed by atoms with Crippen LogP contribution in [0.1, 0.15) is 0 Å². The van der Waals surface area contributed by atoms with Crippen LogP contribution in [-0.4, -0.2) is 101 Å². The Labute approximate surface area is 120 Å². The van der Waals surface area contributed by atoms with E-state index in [0.717, 1.165) is 78.9 Å². The number of hydrogen-bond donors (Lipinski definition) is 0. The lowest BCUT2D eigenvalue weighted by molar-refractivity contribution is -0.156. The number of morpholine rings is 2. The molecule has 3 aliphatic heterocycles. The van der Waals surface area contributed by atoms with E-state index in [1.54, 1.807) is 0 Å². The third-order valence-corrected chi connectivity index (χ3v) is 4.12. The Hall–Kier alpha value is -0.240. The van der Waals surface area contributed by atoms with Crippen molar-refractivity contribution in [2.24, 2.45) is 0 Å². The summed E-state index contributed by atoms with van der Waals surface area (Å²) in [5.41, 5.74) is 0. The maximum absolute atomic E-state index is 6.20. The van der Waals surface area contributed by atoms with Crippen molar-refractivity contribution in [2.45, 2.75) is 12.2 Å². The molecule has 0 N–H and O–H groups in total. The molecule has 3 fully saturated rings. The van der Waals surface area contributed by atoms with Gasteiger partial charge >= 0.3 is 0 Å². The van der Waals surface area contributed by atoms with Gasteiger partial charge in [-0.2, -0.15) is 0 Å². The van der Waals surface area contributed by atoms with E-state index in [-0.39, 0.29) is 12.2 Å². The highest BCUT2D eigenvalue weighted by Crippen LogP contribution is 2.12. The number of hydrogen-bond acceptors (Lipinski definition) is 6. The topological polar surface area (TPSA) is 43.4 Å². The van der Waals surface area contributed by atoms with Crippen molar-refractivity contribution in [1.82, 2.24) is 9.80 Å². The Morgan fingerprint density at radius 2 is 1.10 bits per heavy atom. The van der Waals surface area contributed by atoms with Gasteiger partial charge in [0.05, 0.1) is 51.8 Å². The SMILES string of the molecule is C1CN(CC2COCC(CN3CCOCC3)O2)CCO1. The molecule has 0 spiro atoms. The summed E-state index contributed by atoms with van der Waals surface area (Å²) < 4.78 is 22.7.